The first-order chi connectivity index (χ1) is 37.8. The molecule has 10 aromatic rings. The number of nitrogens with one attached hydrogen (secondary N) is 2. The van der Waals surface area contributed by atoms with Crippen molar-refractivity contribution in [3.63, 3.8) is 0 Å². The molecule has 0 radical (unpaired) electrons. The maximum Gasteiger partial charge on any atom is 0.0891 e. The molecule has 0 fully saturated rings. The van der Waals surface area contributed by atoms with Gasteiger partial charge >= 0.3 is 0 Å². The molecule has 384 valence electrons. The zero-order valence-corrected chi connectivity index (χ0v) is 48.3. The highest BCUT2D eigenvalue weighted by atomic mass is 79.9. The van der Waals surface area contributed by atoms with Crippen LogP contribution in [0, 0.1) is 0 Å². The minimum atomic E-state index is 0.359. The van der Waals surface area contributed by atoms with Crippen LogP contribution in [0.4, 0.5) is 0 Å². The molecule has 2 N–H and O–H groups in total. The number of halogens is 2. The van der Waals surface area contributed by atoms with E-state index < -0.39 is 0 Å². The molecule has 2 aliphatic rings. The monoisotopic (exact) mass is 1140 g/mol. The zero-order chi connectivity index (χ0) is 53.9. The quantitative estimate of drug-likeness (QED) is 0.143. The Hall–Kier alpha value is -7.78. The highest BCUT2D eigenvalue weighted by molar-refractivity contribution is 9.18. The van der Waals surface area contributed by atoms with Gasteiger partial charge in [0.1, 0.15) is 0 Å². The molecular formula is C70H60Br2N6. The van der Waals surface area contributed by atoms with Crippen molar-refractivity contribution in [2.75, 3.05) is 0 Å². The van der Waals surface area contributed by atoms with E-state index in [-0.39, 0.29) is 0 Å². The standard InChI is InChI=1S/C70H60Br2N6/c1-39(2)43-9-17-49(18-10-43)61-57-25-27-59(75-57)63(51-21-13-45(14-22-51)41(5)6)69-65(71)66(72)70(78-69)64(52-23-15-46(16-24-52)42(7)8)60-28-26-58(76-60)62(50-19-11-44(12-20-50)40(3)4)68-56-38-54(48-31-35-74-36-32-48)53(37-55(56)67(61)77-68)47-29-33-73-34-30-47/h9-42,75-76H,1-8H3. The summed E-state index contributed by atoms with van der Waals surface area (Å²) in [6, 6.07) is 58.1. The lowest BCUT2D eigenvalue weighted by Gasteiger charge is -2.16. The van der Waals surface area contributed by atoms with Crippen LogP contribution >= 0.6 is 31.9 Å². The van der Waals surface area contributed by atoms with Crippen LogP contribution in [-0.2, 0) is 0 Å². The molecule has 0 aliphatic carbocycles. The van der Waals surface area contributed by atoms with Crippen LogP contribution in [0.2, 0.25) is 0 Å². The van der Waals surface area contributed by atoms with Crippen molar-refractivity contribution >= 4 is 62.9 Å². The van der Waals surface area contributed by atoms with Crippen molar-refractivity contribution in [1.82, 2.24) is 29.9 Å². The first-order valence-corrected chi connectivity index (χ1v) is 28.7. The van der Waals surface area contributed by atoms with Crippen molar-refractivity contribution in [3.8, 4) is 89.3 Å². The first-order valence-electron chi connectivity index (χ1n) is 27.1. The Morgan fingerprint density at radius 1 is 0.295 bits per heavy atom. The Labute approximate surface area is 474 Å². The molecule has 8 bridgehead atoms. The molecule has 0 spiro atoms. The van der Waals surface area contributed by atoms with Gasteiger partial charge < -0.3 is 9.97 Å². The minimum absolute atomic E-state index is 0.359. The molecule has 12 rings (SSSR count). The maximum absolute atomic E-state index is 6.05. The summed E-state index contributed by atoms with van der Waals surface area (Å²) >= 11 is 8.31. The number of hydrogen-bond acceptors (Lipinski definition) is 4. The molecule has 2 aliphatic heterocycles. The molecular weight excluding hydrogens is 1080 g/mol. The van der Waals surface area contributed by atoms with Gasteiger partial charge in [0.05, 0.1) is 31.7 Å². The number of hydrogen-bond donors (Lipinski definition) is 2. The Kier molecular flexibility index (Phi) is 13.7. The fourth-order valence-corrected chi connectivity index (χ4v) is 12.0. The third-order valence-corrected chi connectivity index (χ3v) is 17.6. The Morgan fingerprint density at radius 2 is 0.551 bits per heavy atom. The van der Waals surface area contributed by atoms with Gasteiger partial charge in [-0.25, -0.2) is 9.97 Å². The third kappa shape index (κ3) is 9.28. The largest absolute Gasteiger partial charge is 0.354 e. The summed E-state index contributed by atoms with van der Waals surface area (Å²) in [6.45, 7) is 17.9. The van der Waals surface area contributed by atoms with Gasteiger partial charge in [0.15, 0.2) is 0 Å². The molecule has 7 heterocycles. The number of benzene rings is 5. The van der Waals surface area contributed by atoms with Crippen LogP contribution in [0.15, 0.2) is 183 Å². The van der Waals surface area contributed by atoms with Crippen molar-refractivity contribution in [2.24, 2.45) is 0 Å². The summed E-state index contributed by atoms with van der Waals surface area (Å²) in [6.07, 6.45) is 7.49. The molecule has 0 atom stereocenters. The van der Waals surface area contributed by atoms with Gasteiger partial charge in [-0.05, 0) is 183 Å². The van der Waals surface area contributed by atoms with E-state index in [2.05, 4.69) is 265 Å². The predicted molar refractivity (Wildman–Crippen MR) is 335 cm³/mol. The Morgan fingerprint density at radius 3 is 0.821 bits per heavy atom. The van der Waals surface area contributed by atoms with E-state index in [0.717, 1.165) is 132 Å². The zero-order valence-electron chi connectivity index (χ0n) is 45.2. The molecule has 0 saturated heterocycles. The second kappa shape index (κ2) is 20.9. The highest BCUT2D eigenvalue weighted by Gasteiger charge is 2.30. The van der Waals surface area contributed by atoms with Crippen LogP contribution in [0.3, 0.4) is 0 Å². The summed E-state index contributed by atoms with van der Waals surface area (Å²) in [4.78, 5) is 28.8. The van der Waals surface area contributed by atoms with E-state index in [0.29, 0.717) is 23.7 Å². The number of nitrogens with zero attached hydrogens (tertiary/aromatic N) is 4. The lowest BCUT2D eigenvalue weighted by atomic mass is 9.87. The number of rotatable bonds is 10. The minimum Gasteiger partial charge on any atom is -0.354 e. The van der Waals surface area contributed by atoms with Gasteiger partial charge in [-0.3, -0.25) is 9.97 Å². The van der Waals surface area contributed by atoms with Crippen LogP contribution in [0.1, 0.15) is 113 Å². The molecule has 0 unspecified atom stereocenters. The SMILES string of the molecule is CC(C)c1ccc(-c2c3nc(c(-c4ccc(C(C)C)cc4)c4ccc([nH]4)c(-c4ccc(C(C)C)cc4)c4nc(c(-c5ccc(C(C)C)cc5)c5ccc2[nH]5)-c2cc(-c5ccncc5)c(-c5ccncc5)cc2-4)C(Br)=C3Br)cc1. The predicted octanol–water partition coefficient (Wildman–Crippen LogP) is 20.6. The molecule has 78 heavy (non-hydrogen) atoms. The number of aromatic amines is 2. The van der Waals surface area contributed by atoms with Gasteiger partial charge in [-0.15, -0.1) is 0 Å². The van der Waals surface area contributed by atoms with Gasteiger partial charge in [0, 0.05) is 80.2 Å². The summed E-state index contributed by atoms with van der Waals surface area (Å²) in [7, 11) is 0. The highest BCUT2D eigenvalue weighted by Crippen LogP contribution is 2.52. The molecule has 0 amide bonds. The lowest BCUT2D eigenvalue weighted by Crippen LogP contribution is -1.92. The number of H-pyrrole nitrogens is 2. The Bertz CT molecular complexity index is 3850. The fourth-order valence-electron chi connectivity index (χ4n) is 11.1. The number of aromatic nitrogens is 6. The Balaban J connectivity index is 1.32. The van der Waals surface area contributed by atoms with Gasteiger partial charge in [0.25, 0.3) is 0 Å². The number of fused-ring (bicyclic) bond motifs is 11. The normalized spacial score (nSPS) is 12.4. The van der Waals surface area contributed by atoms with Crippen molar-refractivity contribution in [1.29, 1.82) is 0 Å². The van der Waals surface area contributed by atoms with Gasteiger partial charge in [-0.2, -0.15) is 0 Å². The number of pyridine rings is 2. The smallest absolute Gasteiger partial charge is 0.0891 e. The van der Waals surface area contributed by atoms with E-state index in [1.165, 1.54) is 22.3 Å². The maximum atomic E-state index is 6.05. The molecule has 5 aromatic heterocycles. The first kappa shape index (κ1) is 51.0. The summed E-state index contributed by atoms with van der Waals surface area (Å²) in [5.41, 5.74) is 26.7. The van der Waals surface area contributed by atoms with Crippen molar-refractivity contribution in [3.05, 3.63) is 216 Å². The van der Waals surface area contributed by atoms with Crippen molar-refractivity contribution < 1.29 is 0 Å². The third-order valence-electron chi connectivity index (χ3n) is 15.6. The van der Waals surface area contributed by atoms with Crippen LogP contribution < -0.4 is 0 Å². The second-order valence-electron chi connectivity index (χ2n) is 21.8. The summed E-state index contributed by atoms with van der Waals surface area (Å²) < 4.78 is 1.74. The van der Waals surface area contributed by atoms with Crippen LogP contribution in [-0.4, -0.2) is 29.9 Å². The van der Waals surface area contributed by atoms with E-state index in [1.807, 2.05) is 24.8 Å². The summed E-state index contributed by atoms with van der Waals surface area (Å²) in [5.74, 6) is 1.47. The van der Waals surface area contributed by atoms with E-state index >= 15 is 0 Å². The molecule has 8 heteroatoms. The van der Waals surface area contributed by atoms with E-state index in [4.69, 9.17) is 9.97 Å². The van der Waals surface area contributed by atoms with E-state index in [1.54, 1.807) is 0 Å². The molecule has 6 nitrogen and oxygen atoms in total. The average Bonchev–Trinajstić information content (AvgIpc) is 4.43. The molecule has 5 aromatic carbocycles. The fraction of sp³-hybridized carbons (Fsp3) is 0.171. The van der Waals surface area contributed by atoms with Crippen LogP contribution in [0.25, 0.3) is 120 Å². The van der Waals surface area contributed by atoms with Gasteiger partial charge in [0.2, 0.25) is 0 Å². The average molecular weight is 1150 g/mol. The van der Waals surface area contributed by atoms with E-state index in [9.17, 15) is 0 Å². The lowest BCUT2D eigenvalue weighted by molar-refractivity contribution is 0.867. The van der Waals surface area contributed by atoms with Gasteiger partial charge in [-0.1, -0.05) is 152 Å². The van der Waals surface area contributed by atoms with Crippen LogP contribution in [0.5, 0.6) is 0 Å². The topological polar surface area (TPSA) is 83.1 Å². The molecule has 0 saturated carbocycles. The van der Waals surface area contributed by atoms with Crippen molar-refractivity contribution in [2.45, 2.75) is 79.1 Å². The summed E-state index contributed by atoms with van der Waals surface area (Å²) in [5, 5.41) is 0. The second-order valence-corrected chi connectivity index (χ2v) is 23.4.